The summed E-state index contributed by atoms with van der Waals surface area (Å²) >= 11 is 7.30. The Morgan fingerprint density at radius 2 is 2.19 bits per heavy atom. The second-order valence-corrected chi connectivity index (χ2v) is 7.33. The first-order chi connectivity index (χ1) is 12.6. The van der Waals surface area contributed by atoms with Crippen LogP contribution in [0, 0.1) is 0 Å². The number of nitrogens with zero attached hydrogens (tertiary/aromatic N) is 2. The van der Waals surface area contributed by atoms with E-state index in [0.717, 1.165) is 5.01 Å². The minimum absolute atomic E-state index is 0.0674. The summed E-state index contributed by atoms with van der Waals surface area (Å²) in [5.74, 6) is 0.567. The summed E-state index contributed by atoms with van der Waals surface area (Å²) in [5, 5.41) is 6.12. The number of rotatable bonds is 6. The molecule has 0 spiro atoms. The molecule has 1 aromatic heterocycles. The van der Waals surface area contributed by atoms with Gasteiger partial charge in [0.15, 0.2) is 0 Å². The molecule has 3 rings (SSSR count). The van der Waals surface area contributed by atoms with Gasteiger partial charge in [0.25, 0.3) is 0 Å². The standard InChI is InChI=1S/C18H20ClN3O3S/c1-2-15-18(24)20-7-8-22(15)17(23)9-13-11-26-16(21-13)10-25-14-5-3-12(19)4-6-14/h3-6,11,15H,2,7-10H2,1H3,(H,20,24)/t15-/m1/s1. The Kier molecular flexibility index (Phi) is 6.11. The maximum absolute atomic E-state index is 12.6. The lowest BCUT2D eigenvalue weighted by molar-refractivity contribution is -0.142. The first-order valence-electron chi connectivity index (χ1n) is 8.45. The fourth-order valence-electron chi connectivity index (χ4n) is 2.85. The molecule has 1 N–H and O–H groups in total. The van der Waals surface area contributed by atoms with Crippen molar-refractivity contribution in [2.24, 2.45) is 0 Å². The minimum Gasteiger partial charge on any atom is -0.486 e. The number of nitrogens with one attached hydrogen (secondary N) is 1. The van der Waals surface area contributed by atoms with Gasteiger partial charge in [-0.2, -0.15) is 0 Å². The Morgan fingerprint density at radius 3 is 2.92 bits per heavy atom. The van der Waals surface area contributed by atoms with Crippen molar-refractivity contribution in [1.82, 2.24) is 15.2 Å². The summed E-state index contributed by atoms with van der Waals surface area (Å²) in [6, 6.07) is 6.74. The molecule has 2 aromatic rings. The predicted molar refractivity (Wildman–Crippen MR) is 100 cm³/mol. The van der Waals surface area contributed by atoms with Gasteiger partial charge in [-0.1, -0.05) is 18.5 Å². The van der Waals surface area contributed by atoms with Crippen LogP contribution in [0.4, 0.5) is 0 Å². The number of benzene rings is 1. The quantitative estimate of drug-likeness (QED) is 0.819. The number of carbonyl (C=O) groups is 2. The zero-order chi connectivity index (χ0) is 18.5. The van der Waals surface area contributed by atoms with E-state index >= 15 is 0 Å². The Bertz CT molecular complexity index is 778. The second-order valence-electron chi connectivity index (χ2n) is 5.95. The van der Waals surface area contributed by atoms with E-state index in [2.05, 4.69) is 10.3 Å². The summed E-state index contributed by atoms with van der Waals surface area (Å²) in [4.78, 5) is 30.6. The number of hydrogen-bond acceptors (Lipinski definition) is 5. The zero-order valence-electron chi connectivity index (χ0n) is 14.4. The highest BCUT2D eigenvalue weighted by Gasteiger charge is 2.31. The highest BCUT2D eigenvalue weighted by Crippen LogP contribution is 2.19. The number of thiazole rings is 1. The van der Waals surface area contributed by atoms with Crippen molar-refractivity contribution in [1.29, 1.82) is 0 Å². The van der Waals surface area contributed by atoms with Crippen LogP contribution in [0.5, 0.6) is 5.75 Å². The van der Waals surface area contributed by atoms with Crippen molar-refractivity contribution in [3.05, 3.63) is 45.4 Å². The van der Waals surface area contributed by atoms with Gasteiger partial charge in [-0.25, -0.2) is 4.98 Å². The molecule has 0 unspecified atom stereocenters. The largest absolute Gasteiger partial charge is 0.486 e. The Hall–Kier alpha value is -2.12. The normalized spacial score (nSPS) is 17.1. The lowest BCUT2D eigenvalue weighted by Crippen LogP contribution is -2.57. The van der Waals surface area contributed by atoms with Gasteiger partial charge in [0.05, 0.1) is 12.1 Å². The van der Waals surface area contributed by atoms with Gasteiger partial charge in [0.2, 0.25) is 11.8 Å². The number of hydrogen-bond donors (Lipinski definition) is 1. The number of halogens is 1. The van der Waals surface area contributed by atoms with Gasteiger partial charge >= 0.3 is 0 Å². The third-order valence-corrected chi connectivity index (χ3v) is 5.27. The van der Waals surface area contributed by atoms with Crippen LogP contribution in [0.15, 0.2) is 29.6 Å². The lowest BCUT2D eigenvalue weighted by Gasteiger charge is -2.34. The van der Waals surface area contributed by atoms with Gasteiger partial charge in [0.1, 0.15) is 23.4 Å². The molecule has 1 aliphatic heterocycles. The fourth-order valence-corrected chi connectivity index (χ4v) is 3.68. The summed E-state index contributed by atoms with van der Waals surface area (Å²) in [6.45, 7) is 3.28. The van der Waals surface area contributed by atoms with E-state index in [1.807, 2.05) is 12.3 Å². The molecule has 1 aromatic carbocycles. The van der Waals surface area contributed by atoms with Crippen LogP contribution < -0.4 is 10.1 Å². The molecule has 1 atom stereocenters. The monoisotopic (exact) mass is 393 g/mol. The molecule has 1 saturated heterocycles. The number of ether oxygens (including phenoxy) is 1. The molecule has 2 amide bonds. The molecule has 2 heterocycles. The molecule has 26 heavy (non-hydrogen) atoms. The lowest BCUT2D eigenvalue weighted by atomic mass is 10.1. The molecular weight excluding hydrogens is 374 g/mol. The van der Waals surface area contributed by atoms with E-state index in [1.54, 1.807) is 29.2 Å². The predicted octanol–water partition coefficient (Wildman–Crippen LogP) is 2.66. The zero-order valence-corrected chi connectivity index (χ0v) is 16.0. The Morgan fingerprint density at radius 1 is 1.42 bits per heavy atom. The number of carbonyl (C=O) groups excluding carboxylic acids is 2. The van der Waals surface area contributed by atoms with Crippen LogP contribution >= 0.6 is 22.9 Å². The molecule has 1 aliphatic rings. The van der Waals surface area contributed by atoms with Crippen molar-refractivity contribution in [3.63, 3.8) is 0 Å². The topological polar surface area (TPSA) is 71.5 Å². The van der Waals surface area contributed by atoms with E-state index in [1.165, 1.54) is 11.3 Å². The third kappa shape index (κ3) is 4.53. The third-order valence-electron chi connectivity index (χ3n) is 4.15. The van der Waals surface area contributed by atoms with Crippen molar-refractivity contribution in [2.75, 3.05) is 13.1 Å². The molecule has 8 heteroatoms. The van der Waals surface area contributed by atoms with Crippen molar-refractivity contribution in [2.45, 2.75) is 32.4 Å². The van der Waals surface area contributed by atoms with E-state index in [9.17, 15) is 9.59 Å². The van der Waals surface area contributed by atoms with E-state index < -0.39 is 0 Å². The van der Waals surface area contributed by atoms with Crippen molar-refractivity contribution < 1.29 is 14.3 Å². The summed E-state index contributed by atoms with van der Waals surface area (Å²) in [5.41, 5.74) is 0.704. The average molecular weight is 394 g/mol. The molecule has 0 saturated carbocycles. The van der Waals surface area contributed by atoms with Crippen LogP contribution in [0.3, 0.4) is 0 Å². The summed E-state index contributed by atoms with van der Waals surface area (Å²) < 4.78 is 5.67. The smallest absolute Gasteiger partial charge is 0.242 e. The molecule has 1 fully saturated rings. The van der Waals surface area contributed by atoms with Crippen LogP contribution in [-0.4, -0.2) is 40.8 Å². The molecule has 0 aliphatic carbocycles. The average Bonchev–Trinajstić information content (AvgIpc) is 3.08. The Balaban J connectivity index is 1.56. The van der Waals surface area contributed by atoms with Gasteiger partial charge in [-0.05, 0) is 30.7 Å². The van der Waals surface area contributed by atoms with Gasteiger partial charge in [-0.3, -0.25) is 9.59 Å². The van der Waals surface area contributed by atoms with Gasteiger partial charge in [-0.15, -0.1) is 11.3 Å². The van der Waals surface area contributed by atoms with Crippen LogP contribution in [0.25, 0.3) is 0 Å². The first kappa shape index (κ1) is 18.7. The molecular formula is C18H20ClN3O3S. The maximum Gasteiger partial charge on any atom is 0.242 e. The molecule has 0 bridgehead atoms. The van der Waals surface area contributed by atoms with E-state index in [-0.39, 0.29) is 24.3 Å². The van der Waals surface area contributed by atoms with Crippen molar-refractivity contribution >= 4 is 34.8 Å². The van der Waals surface area contributed by atoms with Crippen LogP contribution in [-0.2, 0) is 22.6 Å². The van der Waals surface area contributed by atoms with Crippen LogP contribution in [0.2, 0.25) is 5.02 Å². The summed E-state index contributed by atoms with van der Waals surface area (Å²) in [7, 11) is 0. The van der Waals surface area contributed by atoms with Gasteiger partial charge < -0.3 is 15.0 Å². The molecule has 6 nitrogen and oxygen atoms in total. The SMILES string of the molecule is CC[C@@H]1C(=O)NCCN1C(=O)Cc1csc(COc2ccc(Cl)cc2)n1. The minimum atomic E-state index is -0.386. The fraction of sp³-hybridized carbons (Fsp3) is 0.389. The highest BCUT2D eigenvalue weighted by molar-refractivity contribution is 7.09. The van der Waals surface area contributed by atoms with E-state index in [4.69, 9.17) is 16.3 Å². The van der Waals surface area contributed by atoms with E-state index in [0.29, 0.717) is 42.6 Å². The number of amides is 2. The second kappa shape index (κ2) is 8.51. The molecule has 138 valence electrons. The molecule has 0 radical (unpaired) electrons. The number of aromatic nitrogens is 1. The van der Waals surface area contributed by atoms with Gasteiger partial charge in [0, 0.05) is 23.5 Å². The number of piperazine rings is 1. The van der Waals surface area contributed by atoms with Crippen molar-refractivity contribution in [3.8, 4) is 5.75 Å². The summed E-state index contributed by atoms with van der Waals surface area (Å²) in [6.07, 6.45) is 0.802. The first-order valence-corrected chi connectivity index (χ1v) is 9.71. The van der Waals surface area contributed by atoms with Crippen LogP contribution in [0.1, 0.15) is 24.0 Å². The highest BCUT2D eigenvalue weighted by atomic mass is 35.5. The maximum atomic E-state index is 12.6. The Labute approximate surface area is 161 Å².